The lowest BCUT2D eigenvalue weighted by molar-refractivity contribution is 0.591. The molecule has 8 heteroatoms. The number of hydrogen-bond donors (Lipinski definition) is 1. The van der Waals surface area contributed by atoms with Gasteiger partial charge in [-0.1, -0.05) is 11.6 Å². The van der Waals surface area contributed by atoms with Gasteiger partial charge in [-0.2, -0.15) is 5.10 Å². The number of nitrogen functional groups attached to an aromatic ring is 1. The molecule has 0 amide bonds. The molecule has 1 aromatic heterocycles. The third kappa shape index (κ3) is 2.46. The summed E-state index contributed by atoms with van der Waals surface area (Å²) >= 11 is 5.89. The first-order valence-electron chi connectivity index (χ1n) is 5.01. The Bertz CT molecular complexity index is 681. The molecule has 6 nitrogen and oxygen atoms in total. The Labute approximate surface area is 109 Å². The Morgan fingerprint density at radius 3 is 2.72 bits per heavy atom. The molecule has 0 fully saturated rings. The van der Waals surface area contributed by atoms with Crippen molar-refractivity contribution in [3.63, 3.8) is 0 Å². The van der Waals surface area contributed by atoms with Gasteiger partial charge in [0.2, 0.25) is 0 Å². The van der Waals surface area contributed by atoms with Gasteiger partial charge in [-0.05, 0) is 18.2 Å². The van der Waals surface area contributed by atoms with Crippen molar-refractivity contribution in [2.45, 2.75) is 10.6 Å². The lowest BCUT2D eigenvalue weighted by Gasteiger charge is -2.06. The molecular weight excluding hydrogens is 276 g/mol. The van der Waals surface area contributed by atoms with E-state index in [9.17, 15) is 8.42 Å². The van der Waals surface area contributed by atoms with Crippen molar-refractivity contribution in [3.05, 3.63) is 35.4 Å². The van der Waals surface area contributed by atoms with Crippen LogP contribution in [0.2, 0.25) is 5.02 Å². The van der Waals surface area contributed by atoms with Crippen molar-refractivity contribution in [2.75, 3.05) is 5.73 Å². The predicted molar refractivity (Wildman–Crippen MR) is 67.8 cm³/mol. The maximum atomic E-state index is 12.2. The second kappa shape index (κ2) is 4.58. The van der Waals surface area contributed by atoms with Crippen LogP contribution in [0.15, 0.2) is 29.4 Å². The highest BCUT2D eigenvalue weighted by molar-refractivity contribution is 7.90. The molecule has 2 N–H and O–H groups in total. The zero-order valence-corrected chi connectivity index (χ0v) is 11.1. The predicted octanol–water partition coefficient (Wildman–Crippen LogP) is 1.02. The molecule has 18 heavy (non-hydrogen) atoms. The van der Waals surface area contributed by atoms with Gasteiger partial charge in [0, 0.05) is 12.7 Å². The van der Waals surface area contributed by atoms with Gasteiger partial charge >= 0.3 is 0 Å². The van der Waals surface area contributed by atoms with Gasteiger partial charge in [0.1, 0.15) is 17.9 Å². The van der Waals surface area contributed by atoms with E-state index in [0.29, 0.717) is 11.5 Å². The van der Waals surface area contributed by atoms with Crippen LogP contribution in [-0.2, 0) is 22.6 Å². The number of sulfone groups is 1. The zero-order chi connectivity index (χ0) is 13.3. The molecule has 0 radical (unpaired) electrons. The van der Waals surface area contributed by atoms with Crippen LogP contribution >= 0.6 is 11.6 Å². The van der Waals surface area contributed by atoms with Crippen LogP contribution in [0.5, 0.6) is 0 Å². The van der Waals surface area contributed by atoms with E-state index < -0.39 is 9.84 Å². The molecule has 0 atom stereocenters. The molecule has 96 valence electrons. The van der Waals surface area contributed by atoms with Gasteiger partial charge in [-0.15, -0.1) is 0 Å². The molecule has 0 spiro atoms. The second-order valence-electron chi connectivity index (χ2n) is 3.75. The van der Waals surface area contributed by atoms with Gasteiger partial charge in [-0.25, -0.2) is 13.4 Å². The SMILES string of the molecule is Cn1ncnc1CS(=O)(=O)c1ccc(N)cc1Cl. The standard InChI is InChI=1S/C10H11ClN4O2S/c1-15-10(13-6-14-15)5-18(16,17)9-3-2-7(12)4-8(9)11/h2-4,6H,5,12H2,1H3. The number of rotatable bonds is 3. The molecule has 0 unspecified atom stereocenters. The summed E-state index contributed by atoms with van der Waals surface area (Å²) in [5.74, 6) is 0.0931. The number of hydrogen-bond acceptors (Lipinski definition) is 5. The first-order chi connectivity index (χ1) is 8.40. The molecule has 0 aliphatic heterocycles. The highest BCUT2D eigenvalue weighted by atomic mass is 35.5. The molecule has 2 rings (SSSR count). The van der Waals surface area contributed by atoms with Crippen molar-refractivity contribution in [2.24, 2.45) is 7.05 Å². The Morgan fingerprint density at radius 1 is 1.44 bits per heavy atom. The van der Waals surface area contributed by atoms with Crippen molar-refractivity contribution in [3.8, 4) is 0 Å². The van der Waals surface area contributed by atoms with Crippen LogP contribution in [0.3, 0.4) is 0 Å². The van der Waals surface area contributed by atoms with Gasteiger partial charge in [0.15, 0.2) is 9.84 Å². The number of aryl methyl sites for hydroxylation is 1. The number of halogens is 1. The van der Waals surface area contributed by atoms with Gasteiger partial charge < -0.3 is 5.73 Å². The summed E-state index contributed by atoms with van der Waals surface area (Å²) in [6, 6.07) is 4.30. The van der Waals surface area contributed by atoms with Crippen LogP contribution < -0.4 is 5.73 Å². The number of nitrogens with zero attached hydrogens (tertiary/aromatic N) is 3. The minimum Gasteiger partial charge on any atom is -0.399 e. The van der Waals surface area contributed by atoms with Gasteiger partial charge in [0.05, 0.1) is 9.92 Å². The summed E-state index contributed by atoms with van der Waals surface area (Å²) in [6.07, 6.45) is 1.30. The Hall–Kier alpha value is -1.60. The normalized spacial score (nSPS) is 11.7. The van der Waals surface area contributed by atoms with Crippen molar-refractivity contribution in [1.29, 1.82) is 0 Å². The van der Waals surface area contributed by atoms with Crippen molar-refractivity contribution >= 4 is 27.1 Å². The first kappa shape index (κ1) is 12.8. The smallest absolute Gasteiger partial charge is 0.187 e. The second-order valence-corrected chi connectivity index (χ2v) is 6.11. The molecule has 0 aliphatic carbocycles. The van der Waals surface area contributed by atoms with Crippen LogP contribution in [0.4, 0.5) is 5.69 Å². The Balaban J connectivity index is 2.40. The van der Waals surface area contributed by atoms with E-state index in [-0.39, 0.29) is 15.7 Å². The number of aromatic nitrogens is 3. The molecule has 0 aliphatic rings. The molecule has 1 aromatic carbocycles. The summed E-state index contributed by atoms with van der Waals surface area (Å²) in [6.45, 7) is 0. The Kier molecular flexibility index (Phi) is 3.27. The average molecular weight is 287 g/mol. The van der Waals surface area contributed by atoms with E-state index in [0.717, 1.165) is 0 Å². The quantitative estimate of drug-likeness (QED) is 0.851. The first-order valence-corrected chi connectivity index (χ1v) is 7.04. The zero-order valence-electron chi connectivity index (χ0n) is 9.54. The minimum atomic E-state index is -3.56. The van der Waals surface area contributed by atoms with Gasteiger partial charge in [0.25, 0.3) is 0 Å². The highest BCUT2D eigenvalue weighted by Gasteiger charge is 2.21. The van der Waals surface area contributed by atoms with Crippen LogP contribution in [0, 0.1) is 0 Å². The summed E-state index contributed by atoms with van der Waals surface area (Å²) in [4.78, 5) is 3.92. The van der Waals surface area contributed by atoms with E-state index in [1.54, 1.807) is 7.05 Å². The fraction of sp³-hybridized carbons (Fsp3) is 0.200. The van der Waals surface area contributed by atoms with Crippen molar-refractivity contribution in [1.82, 2.24) is 14.8 Å². The summed E-state index contributed by atoms with van der Waals surface area (Å²) < 4.78 is 25.8. The Morgan fingerprint density at radius 2 is 2.17 bits per heavy atom. The summed E-state index contributed by atoms with van der Waals surface area (Å²) in [7, 11) is -1.94. The highest BCUT2D eigenvalue weighted by Crippen LogP contribution is 2.26. The van der Waals surface area contributed by atoms with E-state index in [1.165, 1.54) is 29.2 Å². The fourth-order valence-corrected chi connectivity index (χ4v) is 3.40. The van der Waals surface area contributed by atoms with E-state index in [2.05, 4.69) is 10.1 Å². The fourth-order valence-electron chi connectivity index (χ4n) is 1.47. The lowest BCUT2D eigenvalue weighted by atomic mass is 10.3. The number of benzene rings is 1. The van der Waals surface area contributed by atoms with E-state index in [4.69, 9.17) is 17.3 Å². The van der Waals surface area contributed by atoms with Gasteiger partial charge in [-0.3, -0.25) is 4.68 Å². The molecule has 0 saturated carbocycles. The molecule has 2 aromatic rings. The van der Waals surface area contributed by atoms with E-state index in [1.807, 2.05) is 0 Å². The largest absolute Gasteiger partial charge is 0.399 e. The molecule has 0 bridgehead atoms. The minimum absolute atomic E-state index is 0.0429. The third-order valence-corrected chi connectivity index (χ3v) is 4.50. The van der Waals surface area contributed by atoms with E-state index >= 15 is 0 Å². The number of anilines is 1. The lowest BCUT2D eigenvalue weighted by Crippen LogP contribution is -2.10. The monoisotopic (exact) mass is 286 g/mol. The molecule has 0 saturated heterocycles. The van der Waals surface area contributed by atoms with Crippen LogP contribution in [0.25, 0.3) is 0 Å². The van der Waals surface area contributed by atoms with Crippen LogP contribution in [-0.4, -0.2) is 23.2 Å². The third-order valence-electron chi connectivity index (χ3n) is 2.42. The average Bonchev–Trinajstić information content (AvgIpc) is 2.63. The summed E-state index contributed by atoms with van der Waals surface area (Å²) in [5.41, 5.74) is 5.94. The van der Waals surface area contributed by atoms with Crippen molar-refractivity contribution < 1.29 is 8.42 Å². The topological polar surface area (TPSA) is 90.9 Å². The molecular formula is C10H11ClN4O2S. The maximum absolute atomic E-state index is 12.2. The van der Waals surface area contributed by atoms with Crippen LogP contribution in [0.1, 0.15) is 5.82 Å². The number of nitrogens with two attached hydrogens (primary N) is 1. The molecule has 1 heterocycles. The summed E-state index contributed by atoms with van der Waals surface area (Å²) in [5, 5.41) is 3.93. The maximum Gasteiger partial charge on any atom is 0.187 e.